The van der Waals surface area contributed by atoms with Gasteiger partial charge in [-0.15, -0.1) is 0 Å². The molecule has 1 amide bonds. The van der Waals surface area contributed by atoms with Crippen molar-refractivity contribution in [2.24, 2.45) is 0 Å². The van der Waals surface area contributed by atoms with Crippen molar-refractivity contribution in [3.05, 3.63) is 90.1 Å². The van der Waals surface area contributed by atoms with Crippen LogP contribution >= 0.6 is 0 Å². The number of hydrogen-bond donors (Lipinski definition) is 2. The molecule has 0 saturated heterocycles. The van der Waals surface area contributed by atoms with Crippen LogP contribution in [0.3, 0.4) is 0 Å². The van der Waals surface area contributed by atoms with Gasteiger partial charge in [0, 0.05) is 0 Å². The lowest BCUT2D eigenvalue weighted by atomic mass is 10.1. The number of fused-ring (bicyclic) bond motifs is 1. The van der Waals surface area contributed by atoms with E-state index >= 15 is 0 Å². The topological polar surface area (TPSA) is 70.9 Å². The number of aromatic amines is 1. The molecule has 1 atom stereocenters. The predicted molar refractivity (Wildman–Crippen MR) is 90.6 cm³/mol. The Hall–Kier alpha value is -3.34. The molecular weight excluding hydrogens is 302 g/mol. The molecule has 5 nitrogen and oxygen atoms in total. The van der Waals surface area contributed by atoms with Crippen LogP contribution in [0.2, 0.25) is 0 Å². The minimum Gasteiger partial charge on any atom is -0.459 e. The molecule has 4 rings (SSSR count). The Morgan fingerprint density at radius 1 is 1.00 bits per heavy atom. The van der Waals surface area contributed by atoms with E-state index in [4.69, 9.17) is 4.42 Å². The van der Waals surface area contributed by atoms with E-state index in [1.807, 2.05) is 54.6 Å². The van der Waals surface area contributed by atoms with Gasteiger partial charge in [-0.1, -0.05) is 42.5 Å². The maximum absolute atomic E-state index is 12.4. The van der Waals surface area contributed by atoms with E-state index in [1.165, 1.54) is 6.26 Å². The Morgan fingerprint density at radius 3 is 2.54 bits per heavy atom. The SMILES string of the molecule is O=C(N[C@@H](c1ccccc1)c1nc2ccccc2[nH]1)c1ccco1. The van der Waals surface area contributed by atoms with Crippen LogP contribution < -0.4 is 5.32 Å². The van der Waals surface area contributed by atoms with Gasteiger partial charge in [-0.2, -0.15) is 0 Å². The van der Waals surface area contributed by atoms with Gasteiger partial charge in [0.25, 0.3) is 5.91 Å². The number of nitrogens with zero attached hydrogens (tertiary/aromatic N) is 1. The van der Waals surface area contributed by atoms with Crippen LogP contribution in [0, 0.1) is 0 Å². The third-order valence-electron chi connectivity index (χ3n) is 3.83. The zero-order valence-electron chi connectivity index (χ0n) is 12.8. The van der Waals surface area contributed by atoms with Gasteiger partial charge in [-0.05, 0) is 29.8 Å². The summed E-state index contributed by atoms with van der Waals surface area (Å²) in [6.45, 7) is 0. The maximum Gasteiger partial charge on any atom is 0.287 e. The molecule has 2 N–H and O–H groups in total. The number of aromatic nitrogens is 2. The highest BCUT2D eigenvalue weighted by molar-refractivity contribution is 5.92. The highest BCUT2D eigenvalue weighted by Crippen LogP contribution is 2.23. The number of nitrogens with one attached hydrogen (secondary N) is 2. The van der Waals surface area contributed by atoms with Crippen molar-refractivity contribution in [2.45, 2.75) is 6.04 Å². The third-order valence-corrected chi connectivity index (χ3v) is 3.83. The Labute approximate surface area is 138 Å². The van der Waals surface area contributed by atoms with Crippen molar-refractivity contribution < 1.29 is 9.21 Å². The van der Waals surface area contributed by atoms with E-state index in [1.54, 1.807) is 12.1 Å². The standard InChI is InChI=1S/C19H15N3O2/c23-19(16-11-6-12-24-16)22-17(13-7-2-1-3-8-13)18-20-14-9-4-5-10-15(14)21-18/h1-12,17H,(H,20,21)(H,22,23)/t17-/m0/s1. The number of hydrogen-bond acceptors (Lipinski definition) is 3. The molecule has 0 spiro atoms. The van der Waals surface area contributed by atoms with Gasteiger partial charge in [0.1, 0.15) is 11.9 Å². The minimum absolute atomic E-state index is 0.270. The Bertz CT molecular complexity index is 926. The normalized spacial score (nSPS) is 12.2. The molecule has 0 fully saturated rings. The minimum atomic E-state index is -0.392. The molecule has 0 aliphatic carbocycles. The summed E-state index contributed by atoms with van der Waals surface area (Å²) in [4.78, 5) is 20.3. The molecule has 2 aromatic carbocycles. The first-order chi connectivity index (χ1) is 11.8. The molecule has 0 radical (unpaired) electrons. The van der Waals surface area contributed by atoms with Crippen molar-refractivity contribution in [3.8, 4) is 0 Å². The lowest BCUT2D eigenvalue weighted by molar-refractivity contribution is 0.0913. The number of furan rings is 1. The molecule has 24 heavy (non-hydrogen) atoms. The van der Waals surface area contributed by atoms with Crippen LogP contribution in [-0.2, 0) is 0 Å². The van der Waals surface area contributed by atoms with E-state index in [2.05, 4.69) is 15.3 Å². The average Bonchev–Trinajstić information content (AvgIpc) is 3.29. The van der Waals surface area contributed by atoms with E-state index < -0.39 is 6.04 Å². The summed E-state index contributed by atoms with van der Waals surface area (Å²) >= 11 is 0. The van der Waals surface area contributed by atoms with Crippen molar-refractivity contribution in [3.63, 3.8) is 0 Å². The van der Waals surface area contributed by atoms with Crippen molar-refractivity contribution >= 4 is 16.9 Å². The van der Waals surface area contributed by atoms with Crippen molar-refractivity contribution in [1.82, 2.24) is 15.3 Å². The van der Waals surface area contributed by atoms with Crippen molar-refractivity contribution in [2.75, 3.05) is 0 Å². The van der Waals surface area contributed by atoms with Gasteiger partial charge >= 0.3 is 0 Å². The molecule has 118 valence electrons. The number of para-hydroxylation sites is 2. The molecule has 4 aromatic rings. The second kappa shape index (κ2) is 6.04. The van der Waals surface area contributed by atoms with Gasteiger partial charge in [0.15, 0.2) is 5.76 Å². The van der Waals surface area contributed by atoms with Crippen LogP contribution in [-0.4, -0.2) is 15.9 Å². The Kier molecular flexibility index (Phi) is 3.59. The summed E-state index contributed by atoms with van der Waals surface area (Å²) < 4.78 is 5.18. The quantitative estimate of drug-likeness (QED) is 0.603. The van der Waals surface area contributed by atoms with Crippen molar-refractivity contribution in [1.29, 1.82) is 0 Å². The smallest absolute Gasteiger partial charge is 0.287 e. The lowest BCUT2D eigenvalue weighted by Crippen LogP contribution is -2.29. The monoisotopic (exact) mass is 317 g/mol. The first kappa shape index (κ1) is 14.3. The summed E-state index contributed by atoms with van der Waals surface area (Å²) in [5.74, 6) is 0.670. The lowest BCUT2D eigenvalue weighted by Gasteiger charge is -2.16. The van der Waals surface area contributed by atoms with E-state index in [0.717, 1.165) is 16.6 Å². The van der Waals surface area contributed by atoms with Crippen LogP contribution in [0.5, 0.6) is 0 Å². The fourth-order valence-electron chi connectivity index (χ4n) is 2.67. The van der Waals surface area contributed by atoms with E-state index in [0.29, 0.717) is 5.82 Å². The van der Waals surface area contributed by atoms with Gasteiger partial charge in [0.05, 0.1) is 17.3 Å². The molecule has 2 heterocycles. The number of benzene rings is 2. The second-order valence-electron chi connectivity index (χ2n) is 5.43. The average molecular weight is 317 g/mol. The van der Waals surface area contributed by atoms with Gasteiger partial charge < -0.3 is 14.7 Å². The fourth-order valence-corrected chi connectivity index (χ4v) is 2.67. The largest absolute Gasteiger partial charge is 0.459 e. The second-order valence-corrected chi connectivity index (χ2v) is 5.43. The van der Waals surface area contributed by atoms with Crippen LogP contribution in [0.15, 0.2) is 77.4 Å². The van der Waals surface area contributed by atoms with E-state index in [9.17, 15) is 4.79 Å². The third kappa shape index (κ3) is 2.67. The fraction of sp³-hybridized carbons (Fsp3) is 0.0526. The molecule has 5 heteroatoms. The highest BCUT2D eigenvalue weighted by atomic mass is 16.3. The number of imidazole rings is 1. The van der Waals surface area contributed by atoms with E-state index in [-0.39, 0.29) is 11.7 Å². The molecule has 0 unspecified atom stereocenters. The van der Waals surface area contributed by atoms with Crippen LogP contribution in [0.1, 0.15) is 28.0 Å². The zero-order valence-corrected chi connectivity index (χ0v) is 12.8. The summed E-state index contributed by atoms with van der Waals surface area (Å²) in [5, 5.41) is 2.99. The summed E-state index contributed by atoms with van der Waals surface area (Å²) in [7, 11) is 0. The molecule has 0 aliphatic rings. The number of H-pyrrole nitrogens is 1. The first-order valence-electron chi connectivity index (χ1n) is 7.65. The van der Waals surface area contributed by atoms with Gasteiger partial charge in [-0.3, -0.25) is 4.79 Å². The zero-order chi connectivity index (χ0) is 16.4. The number of amides is 1. The molecule has 0 aliphatic heterocycles. The summed E-state index contributed by atoms with van der Waals surface area (Å²) in [6, 6.07) is 20.4. The maximum atomic E-state index is 12.4. The highest BCUT2D eigenvalue weighted by Gasteiger charge is 2.22. The number of carbonyl (C=O) groups is 1. The molecule has 0 saturated carbocycles. The molecule has 2 aromatic heterocycles. The summed E-state index contributed by atoms with van der Waals surface area (Å²) in [5.41, 5.74) is 2.73. The van der Waals surface area contributed by atoms with Crippen LogP contribution in [0.25, 0.3) is 11.0 Å². The summed E-state index contributed by atoms with van der Waals surface area (Å²) in [6.07, 6.45) is 1.48. The predicted octanol–water partition coefficient (Wildman–Crippen LogP) is 3.68. The molecular formula is C19H15N3O2. The Morgan fingerprint density at radius 2 is 1.79 bits per heavy atom. The number of rotatable bonds is 4. The van der Waals surface area contributed by atoms with Gasteiger partial charge in [-0.25, -0.2) is 4.98 Å². The first-order valence-corrected chi connectivity index (χ1v) is 7.65. The number of carbonyl (C=O) groups excluding carboxylic acids is 1. The Balaban J connectivity index is 1.74. The van der Waals surface area contributed by atoms with Crippen LogP contribution in [0.4, 0.5) is 0 Å². The molecule has 0 bridgehead atoms. The van der Waals surface area contributed by atoms with Gasteiger partial charge in [0.2, 0.25) is 0 Å².